The van der Waals surface area contributed by atoms with Crippen molar-refractivity contribution in [2.75, 3.05) is 10.6 Å². The number of anilines is 4. The Kier molecular flexibility index (Phi) is 5.89. The summed E-state index contributed by atoms with van der Waals surface area (Å²) in [4.78, 5) is 12.7. The standard InChI is InChI=1S/C25H16F4N2O/c26-19-3-1-4-20(27)23(19)30-17-11-7-15(8-12-17)25(32)16-9-13-18(14-10-16)31-24-21(28)5-2-6-22(24)29/h1-14,30-31H. The van der Waals surface area contributed by atoms with Gasteiger partial charge >= 0.3 is 0 Å². The van der Waals surface area contributed by atoms with Crippen molar-refractivity contribution < 1.29 is 22.4 Å². The lowest BCUT2D eigenvalue weighted by Gasteiger charge is -2.10. The first-order valence-electron chi connectivity index (χ1n) is 9.59. The van der Waals surface area contributed by atoms with Gasteiger partial charge in [-0.3, -0.25) is 4.79 Å². The Morgan fingerprint density at radius 3 is 1.12 bits per heavy atom. The summed E-state index contributed by atoms with van der Waals surface area (Å²) in [5.41, 5.74) is 1.01. The van der Waals surface area contributed by atoms with E-state index < -0.39 is 23.3 Å². The number of carbonyl (C=O) groups is 1. The van der Waals surface area contributed by atoms with Gasteiger partial charge in [-0.2, -0.15) is 0 Å². The van der Waals surface area contributed by atoms with Crippen LogP contribution in [0.2, 0.25) is 0 Å². The molecule has 0 amide bonds. The van der Waals surface area contributed by atoms with Crippen molar-refractivity contribution in [1.29, 1.82) is 0 Å². The molecule has 0 radical (unpaired) electrons. The molecule has 0 aliphatic rings. The normalized spacial score (nSPS) is 10.6. The minimum Gasteiger partial charge on any atom is -0.351 e. The monoisotopic (exact) mass is 436 g/mol. The molecule has 0 spiro atoms. The highest BCUT2D eigenvalue weighted by molar-refractivity contribution is 6.09. The van der Waals surface area contributed by atoms with E-state index in [1.807, 2.05) is 0 Å². The molecule has 160 valence electrons. The molecule has 7 heteroatoms. The Morgan fingerprint density at radius 2 is 0.812 bits per heavy atom. The number of hydrogen-bond donors (Lipinski definition) is 2. The number of benzene rings is 4. The summed E-state index contributed by atoms with van der Waals surface area (Å²) in [5.74, 6) is -3.19. The maximum atomic E-state index is 13.8. The second kappa shape index (κ2) is 8.93. The third kappa shape index (κ3) is 4.46. The van der Waals surface area contributed by atoms with E-state index in [1.54, 1.807) is 0 Å². The maximum Gasteiger partial charge on any atom is 0.193 e. The van der Waals surface area contributed by atoms with E-state index in [4.69, 9.17) is 0 Å². The largest absolute Gasteiger partial charge is 0.351 e. The molecule has 4 aromatic carbocycles. The Morgan fingerprint density at radius 1 is 0.500 bits per heavy atom. The van der Waals surface area contributed by atoms with E-state index in [9.17, 15) is 22.4 Å². The average molecular weight is 436 g/mol. The molecule has 0 heterocycles. The van der Waals surface area contributed by atoms with Crippen LogP contribution in [0.15, 0.2) is 84.9 Å². The molecule has 0 atom stereocenters. The Balaban J connectivity index is 1.47. The smallest absolute Gasteiger partial charge is 0.193 e. The van der Waals surface area contributed by atoms with Crippen LogP contribution in [0.25, 0.3) is 0 Å². The number of ketones is 1. The lowest BCUT2D eigenvalue weighted by atomic mass is 10.0. The molecule has 0 aliphatic carbocycles. The summed E-state index contributed by atoms with van der Waals surface area (Å²) >= 11 is 0. The lowest BCUT2D eigenvalue weighted by molar-refractivity contribution is 0.103. The van der Waals surface area contributed by atoms with Gasteiger partial charge < -0.3 is 10.6 Å². The van der Waals surface area contributed by atoms with Crippen LogP contribution in [0, 0.1) is 23.3 Å². The third-order valence-electron chi connectivity index (χ3n) is 4.76. The first-order valence-corrected chi connectivity index (χ1v) is 9.59. The van der Waals surface area contributed by atoms with Crippen molar-refractivity contribution in [3.63, 3.8) is 0 Å². The van der Waals surface area contributed by atoms with E-state index in [0.717, 1.165) is 24.3 Å². The molecule has 32 heavy (non-hydrogen) atoms. The van der Waals surface area contributed by atoms with Crippen LogP contribution in [0.3, 0.4) is 0 Å². The van der Waals surface area contributed by atoms with E-state index in [1.165, 1.54) is 60.7 Å². The van der Waals surface area contributed by atoms with Crippen LogP contribution < -0.4 is 10.6 Å². The molecule has 0 unspecified atom stereocenters. The molecule has 0 aliphatic heterocycles. The zero-order chi connectivity index (χ0) is 22.7. The first-order chi connectivity index (χ1) is 15.4. The van der Waals surface area contributed by atoms with Gasteiger partial charge in [0.05, 0.1) is 0 Å². The van der Waals surface area contributed by atoms with Crippen molar-refractivity contribution in [2.24, 2.45) is 0 Å². The molecule has 0 saturated heterocycles. The third-order valence-corrected chi connectivity index (χ3v) is 4.76. The first kappa shape index (κ1) is 21.1. The number of para-hydroxylation sites is 2. The molecule has 0 saturated carbocycles. The van der Waals surface area contributed by atoms with Gasteiger partial charge in [0.25, 0.3) is 0 Å². The van der Waals surface area contributed by atoms with Crippen LogP contribution in [-0.2, 0) is 0 Å². The molecule has 0 bridgehead atoms. The number of nitrogens with one attached hydrogen (secondary N) is 2. The molecule has 3 nitrogen and oxygen atoms in total. The highest BCUT2D eigenvalue weighted by atomic mass is 19.1. The van der Waals surface area contributed by atoms with Gasteiger partial charge in [0.1, 0.15) is 34.6 Å². The zero-order valence-electron chi connectivity index (χ0n) is 16.5. The number of halogens is 4. The van der Waals surface area contributed by atoms with Gasteiger partial charge in [0, 0.05) is 22.5 Å². The summed E-state index contributed by atoms with van der Waals surface area (Å²) in [5, 5.41) is 5.31. The SMILES string of the molecule is O=C(c1ccc(Nc2c(F)cccc2F)cc1)c1ccc(Nc2c(F)cccc2F)cc1. The van der Waals surface area contributed by atoms with Gasteiger partial charge in [0.15, 0.2) is 5.78 Å². The molecule has 4 rings (SSSR count). The van der Waals surface area contributed by atoms with Crippen molar-refractivity contribution >= 4 is 28.5 Å². The van der Waals surface area contributed by atoms with Gasteiger partial charge in [-0.1, -0.05) is 12.1 Å². The van der Waals surface area contributed by atoms with Crippen molar-refractivity contribution in [1.82, 2.24) is 0 Å². The number of carbonyl (C=O) groups excluding carboxylic acids is 1. The zero-order valence-corrected chi connectivity index (χ0v) is 16.5. The lowest BCUT2D eigenvalue weighted by Crippen LogP contribution is -2.03. The fourth-order valence-corrected chi connectivity index (χ4v) is 3.10. The predicted octanol–water partition coefficient (Wildman–Crippen LogP) is 6.96. The minimum absolute atomic E-state index is 0.277. The maximum absolute atomic E-state index is 13.8. The van der Waals surface area contributed by atoms with E-state index in [2.05, 4.69) is 10.6 Å². The molecule has 2 N–H and O–H groups in total. The van der Waals surface area contributed by atoms with Crippen LogP contribution in [0.4, 0.5) is 40.3 Å². The average Bonchev–Trinajstić information content (AvgIpc) is 2.79. The van der Waals surface area contributed by atoms with E-state index in [0.29, 0.717) is 22.5 Å². The van der Waals surface area contributed by atoms with Crippen LogP contribution in [0.5, 0.6) is 0 Å². The van der Waals surface area contributed by atoms with Crippen LogP contribution >= 0.6 is 0 Å². The van der Waals surface area contributed by atoms with Gasteiger partial charge in [-0.25, -0.2) is 17.6 Å². The second-order valence-electron chi connectivity index (χ2n) is 6.93. The molecular weight excluding hydrogens is 420 g/mol. The van der Waals surface area contributed by atoms with Crippen molar-refractivity contribution in [3.8, 4) is 0 Å². The van der Waals surface area contributed by atoms with Gasteiger partial charge in [0.2, 0.25) is 0 Å². The van der Waals surface area contributed by atoms with Crippen molar-refractivity contribution in [2.45, 2.75) is 0 Å². The topological polar surface area (TPSA) is 41.1 Å². The number of hydrogen-bond acceptors (Lipinski definition) is 3. The minimum atomic E-state index is -0.728. The fraction of sp³-hybridized carbons (Fsp3) is 0. The van der Waals surface area contributed by atoms with Gasteiger partial charge in [-0.05, 0) is 72.8 Å². The summed E-state index contributed by atoms with van der Waals surface area (Å²) in [7, 11) is 0. The highest BCUT2D eigenvalue weighted by Gasteiger charge is 2.12. The summed E-state index contributed by atoms with van der Waals surface area (Å²) in [6.07, 6.45) is 0. The second-order valence-corrected chi connectivity index (χ2v) is 6.93. The predicted molar refractivity (Wildman–Crippen MR) is 116 cm³/mol. The van der Waals surface area contributed by atoms with Crippen LogP contribution in [-0.4, -0.2) is 5.78 Å². The molecule has 0 fully saturated rings. The molecular formula is C25H16F4N2O. The molecule has 0 aromatic heterocycles. The van der Waals surface area contributed by atoms with Crippen molar-refractivity contribution in [3.05, 3.63) is 119 Å². The highest BCUT2D eigenvalue weighted by Crippen LogP contribution is 2.25. The fourth-order valence-electron chi connectivity index (χ4n) is 3.10. The van der Waals surface area contributed by atoms with E-state index >= 15 is 0 Å². The summed E-state index contributed by atoms with van der Waals surface area (Å²) in [6, 6.07) is 19.4. The summed E-state index contributed by atoms with van der Waals surface area (Å²) < 4.78 is 55.1. The molecule has 4 aromatic rings. The van der Waals surface area contributed by atoms with Crippen LogP contribution in [0.1, 0.15) is 15.9 Å². The van der Waals surface area contributed by atoms with E-state index in [-0.39, 0.29) is 17.2 Å². The number of rotatable bonds is 6. The quantitative estimate of drug-likeness (QED) is 0.254. The van der Waals surface area contributed by atoms with Gasteiger partial charge in [-0.15, -0.1) is 0 Å². The Bertz CT molecular complexity index is 1130. The summed E-state index contributed by atoms with van der Waals surface area (Å²) in [6.45, 7) is 0. The Labute approximate surface area is 181 Å². The Hall–Kier alpha value is -4.13.